The monoisotopic (exact) mass is 171 g/mol. The Morgan fingerprint density at radius 3 is 3.08 bits per heavy atom. The first-order chi connectivity index (χ1) is 5.88. The molecule has 1 heterocycles. The molecular weight excluding hydrogens is 154 g/mol. The highest BCUT2D eigenvalue weighted by atomic mass is 16.5. The van der Waals surface area contributed by atoms with Crippen molar-refractivity contribution in [1.29, 1.82) is 0 Å². The van der Waals surface area contributed by atoms with Gasteiger partial charge in [0.2, 0.25) is 0 Å². The molecule has 0 radical (unpaired) electrons. The molecule has 3 nitrogen and oxygen atoms in total. The predicted octanol–water partition coefficient (Wildman–Crippen LogP) is 0.915. The molecule has 0 fully saturated rings. The Labute approximate surface area is 73.7 Å². The molecule has 0 aliphatic carbocycles. The van der Waals surface area contributed by atoms with E-state index in [0.717, 1.165) is 25.2 Å². The van der Waals surface area contributed by atoms with E-state index in [1.165, 1.54) is 0 Å². The molecule has 0 aromatic carbocycles. The number of hydrogen-bond donors (Lipinski definition) is 1. The second-order valence-electron chi connectivity index (χ2n) is 2.89. The maximum atomic E-state index is 5.50. The summed E-state index contributed by atoms with van der Waals surface area (Å²) in [6, 6.07) is 0.218. The molecular formula is C9H17NO2. The third-order valence-electron chi connectivity index (χ3n) is 1.99. The second-order valence-corrected chi connectivity index (χ2v) is 2.89. The largest absolute Gasteiger partial charge is 0.497 e. The molecule has 12 heavy (non-hydrogen) atoms. The van der Waals surface area contributed by atoms with Gasteiger partial charge in [0.25, 0.3) is 0 Å². The third kappa shape index (κ3) is 2.50. The van der Waals surface area contributed by atoms with Crippen molar-refractivity contribution in [3.63, 3.8) is 0 Å². The van der Waals surface area contributed by atoms with Crippen LogP contribution >= 0.6 is 0 Å². The van der Waals surface area contributed by atoms with E-state index in [1.54, 1.807) is 7.11 Å². The van der Waals surface area contributed by atoms with Gasteiger partial charge < -0.3 is 14.8 Å². The highest BCUT2D eigenvalue weighted by Crippen LogP contribution is 2.13. The van der Waals surface area contributed by atoms with Crippen LogP contribution in [0.25, 0.3) is 0 Å². The van der Waals surface area contributed by atoms with Crippen molar-refractivity contribution < 1.29 is 9.47 Å². The molecule has 1 N–H and O–H groups in total. The van der Waals surface area contributed by atoms with E-state index in [4.69, 9.17) is 9.47 Å². The molecule has 70 valence electrons. The lowest BCUT2D eigenvalue weighted by atomic mass is 10.1. The molecule has 1 aliphatic rings. The summed E-state index contributed by atoms with van der Waals surface area (Å²) >= 11 is 0. The number of rotatable bonds is 4. The van der Waals surface area contributed by atoms with Crippen LogP contribution in [0.2, 0.25) is 0 Å². The Hall–Kier alpha value is -0.540. The standard InChI is InChI=1S/C9H17NO2/c1-10-8(7-11-2)9-5-3-4-6-12-9/h5,8,10H,3-4,6-7H2,1-2H3. The van der Waals surface area contributed by atoms with Crippen LogP contribution in [-0.4, -0.2) is 33.4 Å². The molecule has 1 aliphatic heterocycles. The number of nitrogens with one attached hydrogen (secondary N) is 1. The lowest BCUT2D eigenvalue weighted by Gasteiger charge is -2.22. The summed E-state index contributed by atoms with van der Waals surface area (Å²) in [7, 11) is 3.62. The molecule has 0 saturated heterocycles. The first-order valence-electron chi connectivity index (χ1n) is 4.37. The van der Waals surface area contributed by atoms with Crippen LogP contribution < -0.4 is 5.32 Å². The van der Waals surface area contributed by atoms with Crippen molar-refractivity contribution in [2.24, 2.45) is 0 Å². The third-order valence-corrected chi connectivity index (χ3v) is 1.99. The summed E-state index contributed by atoms with van der Waals surface area (Å²) in [5.74, 6) is 1.03. The number of methoxy groups -OCH3 is 1. The zero-order valence-electron chi connectivity index (χ0n) is 7.80. The number of likely N-dealkylation sites (N-methyl/N-ethyl adjacent to an activating group) is 1. The van der Waals surface area contributed by atoms with Gasteiger partial charge in [-0.05, 0) is 26.0 Å². The van der Waals surface area contributed by atoms with Gasteiger partial charge in [0.05, 0.1) is 19.3 Å². The first-order valence-corrected chi connectivity index (χ1v) is 4.37. The fraction of sp³-hybridized carbons (Fsp3) is 0.778. The van der Waals surface area contributed by atoms with Gasteiger partial charge in [0.1, 0.15) is 5.76 Å². The summed E-state index contributed by atoms with van der Waals surface area (Å²) in [4.78, 5) is 0. The van der Waals surface area contributed by atoms with Gasteiger partial charge in [-0.2, -0.15) is 0 Å². The van der Waals surface area contributed by atoms with Crippen LogP contribution in [0.5, 0.6) is 0 Å². The SMILES string of the molecule is CNC(COC)C1=CCCCO1. The lowest BCUT2D eigenvalue weighted by Crippen LogP contribution is -2.33. The van der Waals surface area contributed by atoms with Crippen LogP contribution in [0.3, 0.4) is 0 Å². The van der Waals surface area contributed by atoms with Crippen molar-refractivity contribution in [1.82, 2.24) is 5.32 Å². The molecule has 1 rings (SSSR count). The molecule has 3 heteroatoms. The summed E-state index contributed by atoms with van der Waals surface area (Å²) in [6.07, 6.45) is 4.40. The molecule has 1 atom stereocenters. The fourth-order valence-corrected chi connectivity index (χ4v) is 1.29. The quantitative estimate of drug-likeness (QED) is 0.682. The van der Waals surface area contributed by atoms with Crippen LogP contribution in [0, 0.1) is 0 Å². The zero-order chi connectivity index (χ0) is 8.81. The minimum atomic E-state index is 0.218. The number of ether oxygens (including phenoxy) is 2. The second kappa shape index (κ2) is 5.17. The molecule has 0 aromatic rings. The average Bonchev–Trinajstić information content (AvgIpc) is 2.15. The maximum absolute atomic E-state index is 5.50. The molecule has 1 unspecified atom stereocenters. The first kappa shape index (κ1) is 9.55. The molecule has 0 aromatic heterocycles. The summed E-state index contributed by atoms with van der Waals surface area (Å²) < 4.78 is 10.6. The Bertz CT molecular complexity index is 157. The number of allylic oxidation sites excluding steroid dienone is 1. The van der Waals surface area contributed by atoms with E-state index in [-0.39, 0.29) is 6.04 Å². The van der Waals surface area contributed by atoms with E-state index in [9.17, 15) is 0 Å². The van der Waals surface area contributed by atoms with Crippen LogP contribution in [0.1, 0.15) is 12.8 Å². The van der Waals surface area contributed by atoms with Crippen molar-refractivity contribution >= 4 is 0 Å². The van der Waals surface area contributed by atoms with E-state index in [1.807, 2.05) is 7.05 Å². The Kier molecular flexibility index (Phi) is 4.11. The molecule has 0 bridgehead atoms. The highest BCUT2D eigenvalue weighted by Gasteiger charge is 2.15. The molecule has 0 saturated carbocycles. The van der Waals surface area contributed by atoms with Gasteiger partial charge in [0, 0.05) is 7.11 Å². The lowest BCUT2D eigenvalue weighted by molar-refractivity contribution is 0.121. The molecule has 0 amide bonds. The van der Waals surface area contributed by atoms with Gasteiger partial charge in [-0.3, -0.25) is 0 Å². The molecule has 0 spiro atoms. The van der Waals surface area contributed by atoms with Gasteiger partial charge >= 0.3 is 0 Å². The van der Waals surface area contributed by atoms with Crippen LogP contribution in [0.15, 0.2) is 11.8 Å². The zero-order valence-corrected chi connectivity index (χ0v) is 7.80. The highest BCUT2D eigenvalue weighted by molar-refractivity contribution is 5.05. The number of hydrogen-bond acceptors (Lipinski definition) is 3. The van der Waals surface area contributed by atoms with Gasteiger partial charge in [-0.1, -0.05) is 0 Å². The van der Waals surface area contributed by atoms with Crippen molar-refractivity contribution in [2.75, 3.05) is 27.4 Å². The smallest absolute Gasteiger partial charge is 0.111 e. The summed E-state index contributed by atoms with van der Waals surface area (Å²) in [5, 5.41) is 3.15. The predicted molar refractivity (Wildman–Crippen MR) is 48.0 cm³/mol. The van der Waals surface area contributed by atoms with Crippen LogP contribution in [0.4, 0.5) is 0 Å². The van der Waals surface area contributed by atoms with Crippen molar-refractivity contribution in [2.45, 2.75) is 18.9 Å². The van der Waals surface area contributed by atoms with Gasteiger partial charge in [-0.25, -0.2) is 0 Å². The van der Waals surface area contributed by atoms with E-state index in [0.29, 0.717) is 6.61 Å². The fourth-order valence-electron chi connectivity index (χ4n) is 1.29. The minimum absolute atomic E-state index is 0.218. The van der Waals surface area contributed by atoms with Crippen molar-refractivity contribution in [3.05, 3.63) is 11.8 Å². The Morgan fingerprint density at radius 2 is 2.58 bits per heavy atom. The van der Waals surface area contributed by atoms with Gasteiger partial charge in [-0.15, -0.1) is 0 Å². The van der Waals surface area contributed by atoms with E-state index in [2.05, 4.69) is 11.4 Å². The van der Waals surface area contributed by atoms with E-state index < -0.39 is 0 Å². The van der Waals surface area contributed by atoms with E-state index >= 15 is 0 Å². The minimum Gasteiger partial charge on any atom is -0.497 e. The maximum Gasteiger partial charge on any atom is 0.111 e. The normalized spacial score (nSPS) is 19.7. The average molecular weight is 171 g/mol. The Morgan fingerprint density at radius 1 is 1.75 bits per heavy atom. The Balaban J connectivity index is 2.45. The van der Waals surface area contributed by atoms with Gasteiger partial charge in [0.15, 0.2) is 0 Å². The van der Waals surface area contributed by atoms with Crippen molar-refractivity contribution in [3.8, 4) is 0 Å². The topological polar surface area (TPSA) is 30.5 Å². The summed E-state index contributed by atoms with van der Waals surface area (Å²) in [6.45, 7) is 1.51. The summed E-state index contributed by atoms with van der Waals surface area (Å²) in [5.41, 5.74) is 0. The van der Waals surface area contributed by atoms with Crippen LogP contribution in [-0.2, 0) is 9.47 Å².